The van der Waals surface area contributed by atoms with Crippen molar-refractivity contribution in [3.8, 4) is 23.0 Å². The quantitative estimate of drug-likeness (QED) is 0.307. The van der Waals surface area contributed by atoms with E-state index >= 15 is 0 Å². The molecule has 0 radical (unpaired) electrons. The molecule has 0 unspecified atom stereocenters. The summed E-state index contributed by atoms with van der Waals surface area (Å²) in [5.41, 5.74) is 2.55. The molecule has 1 aliphatic heterocycles. The van der Waals surface area contributed by atoms with Crippen LogP contribution in [0.3, 0.4) is 0 Å². The van der Waals surface area contributed by atoms with Gasteiger partial charge in [-0.25, -0.2) is 9.97 Å². The zero-order valence-corrected chi connectivity index (χ0v) is 23.5. The van der Waals surface area contributed by atoms with E-state index < -0.39 is 0 Å². The van der Waals surface area contributed by atoms with Crippen LogP contribution in [-0.2, 0) is 6.54 Å². The van der Waals surface area contributed by atoms with Crippen molar-refractivity contribution in [1.82, 2.24) is 34.7 Å². The van der Waals surface area contributed by atoms with Gasteiger partial charge in [-0.3, -0.25) is 9.88 Å². The van der Waals surface area contributed by atoms with Crippen molar-refractivity contribution >= 4 is 34.4 Å². The molecule has 3 aromatic heterocycles. The molecule has 1 saturated carbocycles. The smallest absolute Gasteiger partial charge is 0.245 e. The Labute approximate surface area is 237 Å². The second kappa shape index (κ2) is 10.9. The van der Waals surface area contributed by atoms with E-state index in [1.54, 1.807) is 12.3 Å². The highest BCUT2D eigenvalue weighted by Crippen LogP contribution is 2.41. The van der Waals surface area contributed by atoms with Crippen LogP contribution in [0, 0.1) is 0 Å². The maximum atomic E-state index is 6.84. The Morgan fingerprint density at radius 2 is 2.00 bits per heavy atom. The molecule has 1 aliphatic carbocycles. The standard InChI is InChI=1S/C28H31Cl2N7O2/c1-18-15-31-9-10-36(18)11-12-38-21-3-4-22(23(30)14-21)25-35-24-26(33-17-34-27(24)39-28(2)6-7-28)37(25)16-20-13-19(29)5-8-32-20/h3-5,8,13-14,17-18,31H,6-7,9-12,15-16H2,1-2H3/t18-/m0/s1. The van der Waals surface area contributed by atoms with E-state index in [1.165, 1.54) is 6.33 Å². The molecule has 39 heavy (non-hydrogen) atoms. The van der Waals surface area contributed by atoms with Gasteiger partial charge < -0.3 is 19.4 Å². The van der Waals surface area contributed by atoms with E-state index in [9.17, 15) is 0 Å². The van der Waals surface area contributed by atoms with Crippen molar-refractivity contribution in [2.75, 3.05) is 32.8 Å². The number of benzene rings is 1. The number of imidazole rings is 1. The van der Waals surface area contributed by atoms with Crippen molar-refractivity contribution in [3.63, 3.8) is 0 Å². The summed E-state index contributed by atoms with van der Waals surface area (Å²) in [6, 6.07) is 9.78. The molecule has 4 heterocycles. The summed E-state index contributed by atoms with van der Waals surface area (Å²) in [4.78, 5) is 20.9. The van der Waals surface area contributed by atoms with Crippen LogP contribution in [0.15, 0.2) is 42.9 Å². The minimum absolute atomic E-state index is 0.209. The first-order valence-electron chi connectivity index (χ1n) is 13.3. The van der Waals surface area contributed by atoms with Gasteiger partial charge in [0.2, 0.25) is 5.88 Å². The summed E-state index contributed by atoms with van der Waals surface area (Å²) < 4.78 is 14.3. The van der Waals surface area contributed by atoms with Crippen molar-refractivity contribution in [1.29, 1.82) is 0 Å². The first-order chi connectivity index (χ1) is 18.9. The molecule has 11 heteroatoms. The van der Waals surface area contributed by atoms with Crippen molar-refractivity contribution < 1.29 is 9.47 Å². The van der Waals surface area contributed by atoms with Gasteiger partial charge >= 0.3 is 0 Å². The van der Waals surface area contributed by atoms with E-state index in [1.807, 2.05) is 28.8 Å². The summed E-state index contributed by atoms with van der Waals surface area (Å²) in [5.74, 6) is 1.83. The molecular weight excluding hydrogens is 537 g/mol. The van der Waals surface area contributed by atoms with E-state index in [0.717, 1.165) is 56.0 Å². The van der Waals surface area contributed by atoms with Gasteiger partial charge in [-0.2, -0.15) is 4.98 Å². The molecular formula is C28H31Cl2N7O2. The molecule has 4 aromatic rings. The number of fused-ring (bicyclic) bond motifs is 1. The highest BCUT2D eigenvalue weighted by atomic mass is 35.5. The van der Waals surface area contributed by atoms with E-state index in [0.29, 0.717) is 52.1 Å². The van der Waals surface area contributed by atoms with Crippen molar-refractivity contribution in [2.45, 2.75) is 44.9 Å². The highest BCUT2D eigenvalue weighted by Gasteiger charge is 2.41. The Balaban J connectivity index is 1.31. The molecule has 1 N–H and O–H groups in total. The molecule has 2 aliphatic rings. The first kappa shape index (κ1) is 26.3. The van der Waals surface area contributed by atoms with Gasteiger partial charge in [0.15, 0.2) is 11.2 Å². The fourth-order valence-corrected chi connectivity index (χ4v) is 5.25. The number of ether oxygens (including phenoxy) is 2. The predicted octanol–water partition coefficient (Wildman–Crippen LogP) is 4.85. The fourth-order valence-electron chi connectivity index (χ4n) is 4.82. The van der Waals surface area contributed by atoms with Gasteiger partial charge in [0.25, 0.3) is 0 Å². The molecule has 9 nitrogen and oxygen atoms in total. The van der Waals surface area contributed by atoms with Crippen LogP contribution in [-0.4, -0.2) is 73.8 Å². The third-order valence-corrected chi connectivity index (χ3v) is 7.91. The van der Waals surface area contributed by atoms with Gasteiger partial charge in [-0.15, -0.1) is 0 Å². The van der Waals surface area contributed by atoms with Crippen LogP contribution in [0.25, 0.3) is 22.6 Å². The molecule has 1 aromatic carbocycles. The molecule has 0 bridgehead atoms. The minimum Gasteiger partial charge on any atom is -0.492 e. The lowest BCUT2D eigenvalue weighted by molar-refractivity contribution is 0.143. The molecule has 1 saturated heterocycles. The number of hydrogen-bond donors (Lipinski definition) is 1. The highest BCUT2D eigenvalue weighted by molar-refractivity contribution is 6.33. The van der Waals surface area contributed by atoms with Crippen LogP contribution in [0.4, 0.5) is 0 Å². The SMILES string of the molecule is C[C@H]1CNCCN1CCOc1ccc(-c2nc3c(OC4(C)CC4)ncnc3n2Cc2cc(Cl)ccn2)c(Cl)c1. The van der Waals surface area contributed by atoms with E-state index in [-0.39, 0.29) is 5.60 Å². The molecule has 2 fully saturated rings. The Hall–Kier alpha value is -2.98. The zero-order chi connectivity index (χ0) is 27.0. The Kier molecular flexibility index (Phi) is 7.33. The average Bonchev–Trinajstić information content (AvgIpc) is 3.53. The van der Waals surface area contributed by atoms with Crippen molar-refractivity contribution in [3.05, 3.63) is 58.6 Å². The summed E-state index contributed by atoms with van der Waals surface area (Å²) >= 11 is 13.1. The summed E-state index contributed by atoms with van der Waals surface area (Å²) in [5, 5.41) is 4.56. The van der Waals surface area contributed by atoms with Crippen molar-refractivity contribution in [2.24, 2.45) is 0 Å². The van der Waals surface area contributed by atoms with Gasteiger partial charge in [-0.05, 0) is 57.0 Å². The number of pyridine rings is 1. The summed E-state index contributed by atoms with van der Waals surface area (Å²) in [6.07, 6.45) is 5.17. The summed E-state index contributed by atoms with van der Waals surface area (Å²) in [6.45, 7) is 9.20. The Bertz CT molecular complexity index is 1490. The summed E-state index contributed by atoms with van der Waals surface area (Å²) in [7, 11) is 0. The van der Waals surface area contributed by atoms with Gasteiger partial charge in [0.05, 0.1) is 17.3 Å². The Morgan fingerprint density at radius 1 is 1.13 bits per heavy atom. The molecule has 1 atom stereocenters. The number of piperazine rings is 1. The van der Waals surface area contributed by atoms with E-state index in [4.69, 9.17) is 37.7 Å². The predicted molar refractivity (Wildman–Crippen MR) is 152 cm³/mol. The lowest BCUT2D eigenvalue weighted by atomic mass is 10.2. The second-order valence-corrected chi connectivity index (χ2v) is 11.3. The molecule has 204 valence electrons. The van der Waals surface area contributed by atoms with Crippen LogP contribution in [0.1, 0.15) is 32.4 Å². The molecule has 0 spiro atoms. The van der Waals surface area contributed by atoms with Gasteiger partial charge in [0, 0.05) is 49.0 Å². The number of aromatic nitrogens is 5. The molecule has 0 amide bonds. The zero-order valence-electron chi connectivity index (χ0n) is 22.0. The minimum atomic E-state index is -0.209. The monoisotopic (exact) mass is 567 g/mol. The van der Waals surface area contributed by atoms with Crippen LogP contribution in [0.2, 0.25) is 10.0 Å². The maximum Gasteiger partial charge on any atom is 0.245 e. The lowest BCUT2D eigenvalue weighted by Gasteiger charge is -2.33. The Morgan fingerprint density at radius 3 is 2.77 bits per heavy atom. The number of hydrogen-bond acceptors (Lipinski definition) is 8. The fraction of sp³-hybridized carbons (Fsp3) is 0.429. The largest absolute Gasteiger partial charge is 0.492 e. The third kappa shape index (κ3) is 5.82. The first-order valence-corrected chi connectivity index (χ1v) is 14.0. The lowest BCUT2D eigenvalue weighted by Crippen LogP contribution is -2.50. The normalized spacial score (nSPS) is 18.8. The molecule has 6 rings (SSSR count). The second-order valence-electron chi connectivity index (χ2n) is 10.5. The van der Waals surface area contributed by atoms with Crippen LogP contribution in [0.5, 0.6) is 11.6 Å². The maximum absolute atomic E-state index is 6.84. The van der Waals surface area contributed by atoms with Crippen LogP contribution < -0.4 is 14.8 Å². The number of halogens is 2. The van der Waals surface area contributed by atoms with Crippen LogP contribution >= 0.6 is 23.2 Å². The number of rotatable bonds is 9. The third-order valence-electron chi connectivity index (χ3n) is 7.36. The van der Waals surface area contributed by atoms with Gasteiger partial charge in [0.1, 0.15) is 30.1 Å². The van der Waals surface area contributed by atoms with Gasteiger partial charge in [-0.1, -0.05) is 23.2 Å². The van der Waals surface area contributed by atoms with E-state index in [2.05, 4.69) is 39.0 Å². The number of nitrogens with zero attached hydrogens (tertiary/aromatic N) is 6. The topological polar surface area (TPSA) is 90.2 Å². The number of nitrogens with one attached hydrogen (secondary N) is 1. The average molecular weight is 569 g/mol.